The highest BCUT2D eigenvalue weighted by atomic mass is 16.7. The van der Waals surface area contributed by atoms with Crippen LogP contribution in [0, 0.1) is 5.41 Å². The van der Waals surface area contributed by atoms with Gasteiger partial charge >= 0.3 is 0 Å². The summed E-state index contributed by atoms with van der Waals surface area (Å²) in [5.41, 5.74) is -1.00. The second-order valence-electron chi connectivity index (χ2n) is 8.12. The summed E-state index contributed by atoms with van der Waals surface area (Å²) in [6.45, 7) is 12.1. The highest BCUT2D eigenvalue weighted by Gasteiger charge is 2.59. The molecule has 0 saturated carbocycles. The van der Waals surface area contributed by atoms with E-state index in [0.29, 0.717) is 32.7 Å². The summed E-state index contributed by atoms with van der Waals surface area (Å²) in [6.07, 6.45) is 2.86. The number of nitrogens with zero attached hydrogens (tertiary/aromatic N) is 1. The molecule has 2 saturated heterocycles. The Hall–Kier alpha value is -0.200. The van der Waals surface area contributed by atoms with E-state index in [0.717, 1.165) is 12.8 Å². The summed E-state index contributed by atoms with van der Waals surface area (Å²) in [5, 5.41) is 14.2. The lowest BCUT2D eigenvalue weighted by Crippen LogP contribution is -2.68. The maximum Gasteiger partial charge on any atom is 0.172 e. The molecule has 129 valence electrons. The van der Waals surface area contributed by atoms with Crippen molar-refractivity contribution >= 4 is 0 Å². The molecular formula is C17H32NO4. The van der Waals surface area contributed by atoms with E-state index in [2.05, 4.69) is 20.8 Å². The van der Waals surface area contributed by atoms with Crippen LogP contribution in [0.3, 0.4) is 0 Å². The fourth-order valence-electron chi connectivity index (χ4n) is 4.13. The molecule has 22 heavy (non-hydrogen) atoms. The monoisotopic (exact) mass is 314 g/mol. The van der Waals surface area contributed by atoms with Crippen molar-refractivity contribution in [3.05, 3.63) is 0 Å². The van der Waals surface area contributed by atoms with E-state index < -0.39 is 16.9 Å². The van der Waals surface area contributed by atoms with Gasteiger partial charge in [0.25, 0.3) is 0 Å². The molecule has 5 heteroatoms. The van der Waals surface area contributed by atoms with E-state index >= 15 is 0 Å². The fraction of sp³-hybridized carbons (Fsp3) is 1.00. The minimum Gasteiger partial charge on any atom is -0.384 e. The van der Waals surface area contributed by atoms with Crippen LogP contribution in [0.25, 0.3) is 0 Å². The standard InChI is InChI=1S/C17H32NO4/c1-7-16(8-2)10-17(9-14(3,4)18(16)19)21-12-15(5,11-20-6)13-22-17/h7-13H2,1-6H3. The van der Waals surface area contributed by atoms with Gasteiger partial charge in [-0.2, -0.15) is 0 Å². The van der Waals surface area contributed by atoms with Gasteiger partial charge in [0, 0.05) is 30.9 Å². The van der Waals surface area contributed by atoms with Crippen molar-refractivity contribution < 1.29 is 19.4 Å². The van der Waals surface area contributed by atoms with E-state index in [1.54, 1.807) is 7.11 Å². The van der Waals surface area contributed by atoms with E-state index in [-0.39, 0.29) is 5.41 Å². The van der Waals surface area contributed by atoms with Crippen molar-refractivity contribution in [1.82, 2.24) is 5.06 Å². The third-order valence-electron chi connectivity index (χ3n) is 5.46. The quantitative estimate of drug-likeness (QED) is 0.800. The lowest BCUT2D eigenvalue weighted by molar-refractivity contribution is -0.392. The number of hydroxylamine groups is 2. The third kappa shape index (κ3) is 3.06. The van der Waals surface area contributed by atoms with Crippen LogP contribution in [0.4, 0.5) is 0 Å². The molecule has 1 radical (unpaired) electrons. The average molecular weight is 314 g/mol. The number of hydrogen-bond donors (Lipinski definition) is 0. The van der Waals surface area contributed by atoms with E-state index in [1.165, 1.54) is 5.06 Å². The highest BCUT2D eigenvalue weighted by Crippen LogP contribution is 2.50. The number of methoxy groups -OCH3 is 1. The molecule has 1 spiro atoms. The van der Waals surface area contributed by atoms with Gasteiger partial charge < -0.3 is 14.2 Å². The van der Waals surface area contributed by atoms with Crippen LogP contribution in [-0.4, -0.2) is 48.9 Å². The van der Waals surface area contributed by atoms with Gasteiger partial charge in [0.1, 0.15) is 0 Å². The molecule has 2 aliphatic heterocycles. The second-order valence-corrected chi connectivity index (χ2v) is 8.12. The van der Waals surface area contributed by atoms with Crippen molar-refractivity contribution in [1.29, 1.82) is 0 Å². The van der Waals surface area contributed by atoms with Crippen LogP contribution >= 0.6 is 0 Å². The van der Waals surface area contributed by atoms with Crippen LogP contribution in [0.1, 0.15) is 60.3 Å². The molecule has 0 aliphatic carbocycles. The molecule has 0 N–H and O–H groups in total. The predicted molar refractivity (Wildman–Crippen MR) is 83.8 cm³/mol. The smallest absolute Gasteiger partial charge is 0.172 e. The zero-order valence-electron chi connectivity index (χ0n) is 15.0. The summed E-state index contributed by atoms with van der Waals surface area (Å²) in [5.74, 6) is -0.635. The molecule has 0 aromatic carbocycles. The Labute approximate surface area is 134 Å². The predicted octanol–water partition coefficient (Wildman–Crippen LogP) is 3.16. The number of ether oxygens (including phenoxy) is 3. The summed E-state index contributed by atoms with van der Waals surface area (Å²) >= 11 is 0. The topological polar surface area (TPSA) is 50.8 Å². The Balaban J connectivity index is 2.22. The van der Waals surface area contributed by atoms with E-state index in [9.17, 15) is 5.21 Å². The highest BCUT2D eigenvalue weighted by molar-refractivity contribution is 5.05. The van der Waals surface area contributed by atoms with Crippen molar-refractivity contribution in [2.45, 2.75) is 77.2 Å². The van der Waals surface area contributed by atoms with Crippen LogP contribution in [-0.2, 0) is 19.4 Å². The first-order chi connectivity index (χ1) is 10.2. The maximum atomic E-state index is 12.9. The molecule has 5 nitrogen and oxygen atoms in total. The Kier molecular flexibility index (Phi) is 4.97. The Morgan fingerprint density at radius 3 is 2.05 bits per heavy atom. The van der Waals surface area contributed by atoms with E-state index in [1.807, 2.05) is 13.8 Å². The lowest BCUT2D eigenvalue weighted by Gasteiger charge is -2.58. The van der Waals surface area contributed by atoms with Crippen LogP contribution in [0.2, 0.25) is 0 Å². The molecule has 0 atom stereocenters. The molecule has 0 aromatic heterocycles. The molecule has 2 fully saturated rings. The molecule has 2 rings (SSSR count). The zero-order chi connectivity index (χ0) is 16.6. The Bertz CT molecular complexity index is 384. The Morgan fingerprint density at radius 2 is 1.59 bits per heavy atom. The maximum absolute atomic E-state index is 12.9. The molecular weight excluding hydrogens is 282 g/mol. The average Bonchev–Trinajstić information content (AvgIpc) is 2.47. The van der Waals surface area contributed by atoms with Crippen LogP contribution in [0.5, 0.6) is 0 Å². The first-order valence-corrected chi connectivity index (χ1v) is 8.41. The molecule has 0 aromatic rings. The van der Waals surface area contributed by atoms with Gasteiger partial charge in [-0.05, 0) is 26.7 Å². The van der Waals surface area contributed by atoms with Gasteiger partial charge in [-0.15, -0.1) is 10.3 Å². The first kappa shape index (κ1) is 18.1. The largest absolute Gasteiger partial charge is 0.384 e. The Morgan fingerprint density at radius 1 is 1.05 bits per heavy atom. The second kappa shape index (κ2) is 6.02. The first-order valence-electron chi connectivity index (χ1n) is 8.41. The van der Waals surface area contributed by atoms with Crippen molar-refractivity contribution in [3.8, 4) is 0 Å². The van der Waals surface area contributed by atoms with Crippen LogP contribution in [0.15, 0.2) is 0 Å². The van der Waals surface area contributed by atoms with Crippen LogP contribution < -0.4 is 0 Å². The minimum atomic E-state index is -0.635. The third-order valence-corrected chi connectivity index (χ3v) is 5.46. The van der Waals surface area contributed by atoms with Gasteiger partial charge in [-0.3, -0.25) is 0 Å². The molecule has 2 aliphatic rings. The molecule has 2 heterocycles. The SMILES string of the molecule is CCC1(CC)CC2(CC(C)(C)N1[O])OCC(C)(COC)CO2. The van der Waals surface area contributed by atoms with Gasteiger partial charge in [0.15, 0.2) is 5.79 Å². The zero-order valence-corrected chi connectivity index (χ0v) is 15.0. The lowest BCUT2D eigenvalue weighted by atomic mass is 9.73. The van der Waals surface area contributed by atoms with Gasteiger partial charge in [-0.25, -0.2) is 0 Å². The molecule has 0 unspecified atom stereocenters. The normalized spacial score (nSPS) is 38.3. The van der Waals surface area contributed by atoms with Gasteiger partial charge in [0.05, 0.1) is 25.4 Å². The van der Waals surface area contributed by atoms with Gasteiger partial charge in [-0.1, -0.05) is 20.8 Å². The van der Waals surface area contributed by atoms with E-state index in [4.69, 9.17) is 14.2 Å². The number of hydrogen-bond acceptors (Lipinski definition) is 4. The fourth-order valence-corrected chi connectivity index (χ4v) is 4.13. The van der Waals surface area contributed by atoms with Crippen molar-refractivity contribution in [3.63, 3.8) is 0 Å². The van der Waals surface area contributed by atoms with Crippen molar-refractivity contribution in [2.24, 2.45) is 5.41 Å². The summed E-state index contributed by atoms with van der Waals surface area (Å²) in [7, 11) is 1.70. The number of rotatable bonds is 4. The van der Waals surface area contributed by atoms with Crippen molar-refractivity contribution in [2.75, 3.05) is 26.9 Å². The minimum absolute atomic E-state index is 0.111. The molecule has 0 bridgehead atoms. The number of piperidine rings is 1. The summed E-state index contributed by atoms with van der Waals surface area (Å²) < 4.78 is 17.8. The summed E-state index contributed by atoms with van der Waals surface area (Å²) in [6, 6.07) is 0. The molecule has 0 amide bonds. The van der Waals surface area contributed by atoms with Gasteiger partial charge in [0.2, 0.25) is 0 Å². The summed E-state index contributed by atoms with van der Waals surface area (Å²) in [4.78, 5) is 0.